The van der Waals surface area contributed by atoms with Crippen LogP contribution in [0.15, 0.2) is 24.3 Å². The Labute approximate surface area is 157 Å². The molecule has 1 aromatic carbocycles. The van der Waals surface area contributed by atoms with Crippen molar-refractivity contribution in [3.8, 4) is 5.75 Å². The van der Waals surface area contributed by atoms with Gasteiger partial charge in [0.15, 0.2) is 11.4 Å². The highest BCUT2D eigenvalue weighted by Crippen LogP contribution is 2.57. The van der Waals surface area contributed by atoms with E-state index in [0.29, 0.717) is 19.0 Å². The van der Waals surface area contributed by atoms with Crippen LogP contribution in [0.3, 0.4) is 0 Å². The Morgan fingerprint density at radius 3 is 2.04 bits per heavy atom. The molecular formula is C19H30O6P+. The largest absolute Gasteiger partial charge is 0.542 e. The van der Waals surface area contributed by atoms with E-state index >= 15 is 0 Å². The maximum Gasteiger partial charge on any atom is 0.542 e. The van der Waals surface area contributed by atoms with Gasteiger partial charge in [0.1, 0.15) is 0 Å². The number of hydrogen-bond donors (Lipinski definition) is 0. The number of rotatable bonds is 7. The average Bonchev–Trinajstić information content (AvgIpc) is 2.51. The van der Waals surface area contributed by atoms with E-state index in [2.05, 4.69) is 41.5 Å². The summed E-state index contributed by atoms with van der Waals surface area (Å²) in [6.07, 6.45) is 0. The zero-order valence-corrected chi connectivity index (χ0v) is 17.7. The first kappa shape index (κ1) is 21.3. The molecule has 1 saturated heterocycles. The lowest BCUT2D eigenvalue weighted by atomic mass is 9.68. The van der Waals surface area contributed by atoms with Crippen molar-refractivity contribution in [3.63, 3.8) is 0 Å². The van der Waals surface area contributed by atoms with Crippen LogP contribution in [-0.2, 0) is 29.6 Å². The summed E-state index contributed by atoms with van der Waals surface area (Å²) >= 11 is 0. The molecule has 6 nitrogen and oxygen atoms in total. The van der Waals surface area contributed by atoms with E-state index in [1.54, 1.807) is 19.2 Å². The molecule has 0 saturated carbocycles. The predicted octanol–water partition coefficient (Wildman–Crippen LogP) is 4.61. The van der Waals surface area contributed by atoms with Gasteiger partial charge in [-0.3, -0.25) is 4.52 Å². The summed E-state index contributed by atoms with van der Waals surface area (Å²) in [4.78, 5) is 11.3. The zero-order chi connectivity index (χ0) is 19.6. The van der Waals surface area contributed by atoms with Crippen LogP contribution in [0, 0.1) is 10.8 Å². The lowest BCUT2D eigenvalue weighted by molar-refractivity contribution is -0.638. The predicted molar refractivity (Wildman–Crippen MR) is 99.4 cm³/mol. The Morgan fingerprint density at radius 1 is 1.04 bits per heavy atom. The molecule has 0 bridgehead atoms. The number of ether oxygens (including phenoxy) is 2. The van der Waals surface area contributed by atoms with Crippen LogP contribution >= 0.6 is 8.69 Å². The number of benzene rings is 1. The number of hydrogen-bond acceptors (Lipinski definition) is 6. The van der Waals surface area contributed by atoms with Crippen molar-refractivity contribution in [2.75, 3.05) is 20.3 Å². The smallest absolute Gasteiger partial charge is 0.378 e. The molecule has 0 spiro atoms. The van der Waals surface area contributed by atoms with Crippen molar-refractivity contribution >= 4 is 8.69 Å². The molecule has 2 rings (SSSR count). The van der Waals surface area contributed by atoms with E-state index in [4.69, 9.17) is 23.8 Å². The van der Waals surface area contributed by atoms with E-state index < -0.39 is 20.1 Å². The maximum absolute atomic E-state index is 10.7. The highest BCUT2D eigenvalue weighted by atomic mass is 31.1. The molecule has 0 radical (unpaired) electrons. The van der Waals surface area contributed by atoms with Gasteiger partial charge in [-0.2, -0.15) is 4.89 Å². The van der Waals surface area contributed by atoms with Gasteiger partial charge in [0, 0.05) is 18.1 Å². The lowest BCUT2D eigenvalue weighted by Crippen LogP contribution is -2.73. The van der Waals surface area contributed by atoms with Gasteiger partial charge in [0.05, 0.1) is 13.2 Å². The summed E-state index contributed by atoms with van der Waals surface area (Å²) in [6, 6.07) is 7.11. The van der Waals surface area contributed by atoms with Gasteiger partial charge in [0.2, 0.25) is 0 Å². The van der Waals surface area contributed by atoms with Gasteiger partial charge in [-0.25, -0.2) is 4.89 Å². The van der Waals surface area contributed by atoms with Crippen molar-refractivity contribution in [1.82, 2.24) is 0 Å². The monoisotopic (exact) mass is 385 g/mol. The van der Waals surface area contributed by atoms with Crippen LogP contribution in [0.4, 0.5) is 0 Å². The Balaban J connectivity index is 2.36. The van der Waals surface area contributed by atoms with Gasteiger partial charge in [-0.15, -0.1) is 0 Å². The first-order chi connectivity index (χ1) is 12.0. The van der Waals surface area contributed by atoms with Crippen LogP contribution in [0.1, 0.15) is 47.1 Å². The molecule has 0 amide bonds. The third-order valence-corrected chi connectivity index (χ3v) is 4.89. The van der Waals surface area contributed by atoms with Gasteiger partial charge in [-0.05, 0) is 34.2 Å². The standard InChI is InChI=1S/C19H30O6P/c1-16(2,3)12-22-13-18(17(4,5)6)19(21-7,25-24-18)14-8-10-15(11-9-14)23-26-20/h8-11,26H,12-13H2,1-7H3/q+1. The number of methoxy groups -OCH3 is 1. The van der Waals surface area contributed by atoms with Gasteiger partial charge < -0.3 is 9.47 Å². The summed E-state index contributed by atoms with van der Waals surface area (Å²) in [6.45, 7) is 13.5. The molecule has 1 aliphatic heterocycles. The molecule has 3 atom stereocenters. The normalized spacial score (nSPS) is 26.6. The molecule has 7 heteroatoms. The van der Waals surface area contributed by atoms with E-state index in [-0.39, 0.29) is 10.8 Å². The fraction of sp³-hybridized carbons (Fsp3) is 0.684. The Kier molecular flexibility index (Phi) is 6.16. The van der Waals surface area contributed by atoms with Crippen molar-refractivity contribution < 1.29 is 28.3 Å². The zero-order valence-electron chi connectivity index (χ0n) is 16.7. The third kappa shape index (κ3) is 3.80. The molecule has 0 N–H and O–H groups in total. The molecule has 146 valence electrons. The van der Waals surface area contributed by atoms with Gasteiger partial charge in [0.25, 0.3) is 5.79 Å². The quantitative estimate of drug-likeness (QED) is 0.504. The molecule has 0 aromatic heterocycles. The molecule has 1 heterocycles. The molecule has 26 heavy (non-hydrogen) atoms. The van der Waals surface area contributed by atoms with Crippen LogP contribution in [0.5, 0.6) is 5.75 Å². The average molecular weight is 385 g/mol. The van der Waals surface area contributed by atoms with Gasteiger partial charge in [-0.1, -0.05) is 41.5 Å². The molecule has 0 aliphatic carbocycles. The summed E-state index contributed by atoms with van der Waals surface area (Å²) in [7, 11) is 0.743. The summed E-state index contributed by atoms with van der Waals surface area (Å²) in [5, 5.41) is 0. The van der Waals surface area contributed by atoms with E-state index in [0.717, 1.165) is 5.56 Å². The van der Waals surface area contributed by atoms with Gasteiger partial charge >= 0.3 is 8.69 Å². The Bertz CT molecular complexity index is 614. The van der Waals surface area contributed by atoms with Crippen molar-refractivity contribution in [3.05, 3.63) is 29.8 Å². The topological polar surface area (TPSA) is 63.2 Å². The fourth-order valence-electron chi connectivity index (χ4n) is 3.06. The summed E-state index contributed by atoms with van der Waals surface area (Å²) in [5.74, 6) is -0.597. The Hall–Kier alpha value is -1.04. The molecule has 3 unspecified atom stereocenters. The fourth-order valence-corrected chi connectivity index (χ4v) is 3.29. The minimum atomic E-state index is -1.11. The second-order valence-electron chi connectivity index (χ2n) is 8.83. The van der Waals surface area contributed by atoms with E-state index in [9.17, 15) is 4.57 Å². The minimum Gasteiger partial charge on any atom is -0.378 e. The lowest BCUT2D eigenvalue weighted by Gasteiger charge is -2.60. The first-order valence-corrected chi connectivity index (χ1v) is 9.47. The molecular weight excluding hydrogens is 355 g/mol. The maximum atomic E-state index is 10.7. The first-order valence-electron chi connectivity index (χ1n) is 8.66. The highest BCUT2D eigenvalue weighted by molar-refractivity contribution is 7.17. The Morgan fingerprint density at radius 2 is 1.65 bits per heavy atom. The molecule has 1 aliphatic rings. The summed E-state index contributed by atoms with van der Waals surface area (Å²) in [5.41, 5.74) is -0.340. The van der Waals surface area contributed by atoms with Crippen LogP contribution in [0.2, 0.25) is 0 Å². The van der Waals surface area contributed by atoms with Crippen molar-refractivity contribution in [2.24, 2.45) is 10.8 Å². The molecule has 1 fully saturated rings. The minimum absolute atomic E-state index is 0.0392. The summed E-state index contributed by atoms with van der Waals surface area (Å²) < 4.78 is 27.6. The second kappa shape index (κ2) is 7.53. The van der Waals surface area contributed by atoms with Crippen molar-refractivity contribution in [2.45, 2.75) is 52.9 Å². The van der Waals surface area contributed by atoms with Crippen LogP contribution < -0.4 is 4.52 Å². The van der Waals surface area contributed by atoms with Crippen LogP contribution in [0.25, 0.3) is 0 Å². The van der Waals surface area contributed by atoms with E-state index in [1.165, 1.54) is 0 Å². The third-order valence-electron chi connectivity index (χ3n) is 4.57. The highest BCUT2D eigenvalue weighted by Gasteiger charge is 2.71. The second-order valence-corrected chi connectivity index (χ2v) is 9.20. The van der Waals surface area contributed by atoms with Crippen LogP contribution in [-0.4, -0.2) is 25.9 Å². The SMILES string of the molecule is COC1(c2ccc(O[PH+]=O)cc2)OOC1(COCC(C)(C)C)C(C)(C)C. The van der Waals surface area contributed by atoms with Crippen molar-refractivity contribution in [1.29, 1.82) is 0 Å². The molecule has 1 aromatic rings. The van der Waals surface area contributed by atoms with E-state index in [1.807, 2.05) is 12.1 Å².